The summed E-state index contributed by atoms with van der Waals surface area (Å²) in [6.45, 7) is 3.49. The van der Waals surface area contributed by atoms with Crippen molar-refractivity contribution in [2.24, 2.45) is 5.92 Å². The SMILES string of the molecule is CC(C)C(=O)c1coc(C(=O)O)c1. The van der Waals surface area contributed by atoms with Crippen LogP contribution in [-0.4, -0.2) is 16.9 Å². The lowest BCUT2D eigenvalue weighted by Gasteiger charge is -1.97. The first-order valence-corrected chi connectivity index (χ1v) is 3.88. The minimum Gasteiger partial charge on any atom is -0.475 e. The lowest BCUT2D eigenvalue weighted by Crippen LogP contribution is -2.05. The van der Waals surface area contributed by atoms with Crippen LogP contribution >= 0.6 is 0 Å². The molecule has 1 heterocycles. The molecule has 0 saturated heterocycles. The molecule has 0 atom stereocenters. The average molecular weight is 182 g/mol. The van der Waals surface area contributed by atoms with Gasteiger partial charge in [-0.2, -0.15) is 0 Å². The summed E-state index contributed by atoms with van der Waals surface area (Å²) in [4.78, 5) is 21.7. The fourth-order valence-electron chi connectivity index (χ4n) is 0.911. The minimum absolute atomic E-state index is 0.115. The summed E-state index contributed by atoms with van der Waals surface area (Å²) in [5.41, 5.74) is 0.312. The Kier molecular flexibility index (Phi) is 2.51. The van der Waals surface area contributed by atoms with Crippen LogP contribution in [0.1, 0.15) is 34.8 Å². The summed E-state index contributed by atoms with van der Waals surface area (Å²) in [5, 5.41) is 8.51. The van der Waals surface area contributed by atoms with Crippen LogP contribution in [-0.2, 0) is 0 Å². The van der Waals surface area contributed by atoms with Gasteiger partial charge in [-0.05, 0) is 0 Å². The van der Waals surface area contributed by atoms with Crippen LogP contribution in [0.15, 0.2) is 16.7 Å². The molecule has 0 aromatic carbocycles. The first-order chi connectivity index (χ1) is 6.02. The van der Waals surface area contributed by atoms with Gasteiger partial charge in [-0.3, -0.25) is 4.79 Å². The second-order valence-electron chi connectivity index (χ2n) is 3.02. The zero-order valence-corrected chi connectivity index (χ0v) is 7.40. The third kappa shape index (κ3) is 1.96. The molecule has 1 N–H and O–H groups in total. The average Bonchev–Trinajstić information content (AvgIpc) is 2.50. The molecule has 0 unspecified atom stereocenters. The van der Waals surface area contributed by atoms with E-state index in [0.717, 1.165) is 0 Å². The zero-order valence-electron chi connectivity index (χ0n) is 7.40. The van der Waals surface area contributed by atoms with E-state index in [1.54, 1.807) is 13.8 Å². The van der Waals surface area contributed by atoms with Crippen LogP contribution in [0, 0.1) is 5.92 Å². The molecular formula is C9H10O4. The van der Waals surface area contributed by atoms with E-state index in [0.29, 0.717) is 5.56 Å². The summed E-state index contributed by atoms with van der Waals surface area (Å²) >= 11 is 0. The molecule has 1 aromatic rings. The van der Waals surface area contributed by atoms with Crippen LogP contribution in [0.25, 0.3) is 0 Å². The van der Waals surface area contributed by atoms with E-state index in [9.17, 15) is 9.59 Å². The van der Waals surface area contributed by atoms with Crippen LogP contribution < -0.4 is 0 Å². The van der Waals surface area contributed by atoms with Gasteiger partial charge in [0.25, 0.3) is 0 Å². The zero-order chi connectivity index (χ0) is 10.0. The molecule has 4 heteroatoms. The summed E-state index contributed by atoms with van der Waals surface area (Å²) < 4.78 is 4.68. The molecule has 4 nitrogen and oxygen atoms in total. The monoisotopic (exact) mass is 182 g/mol. The number of furan rings is 1. The fraction of sp³-hybridized carbons (Fsp3) is 0.333. The van der Waals surface area contributed by atoms with E-state index in [1.165, 1.54) is 12.3 Å². The maximum Gasteiger partial charge on any atom is 0.371 e. The lowest BCUT2D eigenvalue weighted by molar-refractivity contribution is 0.0662. The van der Waals surface area contributed by atoms with E-state index in [1.807, 2.05) is 0 Å². The van der Waals surface area contributed by atoms with Gasteiger partial charge in [0.05, 0.1) is 5.56 Å². The van der Waals surface area contributed by atoms with Crippen molar-refractivity contribution in [1.29, 1.82) is 0 Å². The number of carbonyl (C=O) groups excluding carboxylic acids is 1. The molecule has 0 radical (unpaired) electrons. The summed E-state index contributed by atoms with van der Waals surface area (Å²) in [6, 6.07) is 1.24. The Morgan fingerprint density at radius 1 is 1.46 bits per heavy atom. The molecule has 1 rings (SSSR count). The van der Waals surface area contributed by atoms with Crippen molar-refractivity contribution < 1.29 is 19.1 Å². The highest BCUT2D eigenvalue weighted by Crippen LogP contribution is 2.12. The topological polar surface area (TPSA) is 67.5 Å². The predicted octanol–water partition coefficient (Wildman–Crippen LogP) is 1.82. The minimum atomic E-state index is -1.16. The summed E-state index contributed by atoms with van der Waals surface area (Å²) in [7, 11) is 0. The molecule has 0 saturated carbocycles. The van der Waals surface area contributed by atoms with E-state index in [2.05, 4.69) is 4.42 Å². The Hall–Kier alpha value is -1.58. The van der Waals surface area contributed by atoms with Gasteiger partial charge in [-0.15, -0.1) is 0 Å². The Morgan fingerprint density at radius 2 is 2.08 bits per heavy atom. The van der Waals surface area contributed by atoms with E-state index >= 15 is 0 Å². The number of rotatable bonds is 3. The molecule has 0 aliphatic heterocycles. The van der Waals surface area contributed by atoms with E-state index in [-0.39, 0.29) is 17.5 Å². The number of carboxylic acids is 1. The first-order valence-electron chi connectivity index (χ1n) is 3.88. The van der Waals surface area contributed by atoms with Crippen LogP contribution in [0.3, 0.4) is 0 Å². The van der Waals surface area contributed by atoms with Gasteiger partial charge < -0.3 is 9.52 Å². The number of hydrogen-bond acceptors (Lipinski definition) is 3. The lowest BCUT2D eigenvalue weighted by atomic mass is 10.0. The molecule has 0 spiro atoms. The molecule has 0 amide bonds. The van der Waals surface area contributed by atoms with Crippen molar-refractivity contribution in [2.45, 2.75) is 13.8 Å². The third-order valence-corrected chi connectivity index (χ3v) is 1.62. The molecule has 0 aliphatic rings. The van der Waals surface area contributed by atoms with Gasteiger partial charge in [0.2, 0.25) is 5.76 Å². The molecule has 0 aliphatic carbocycles. The van der Waals surface area contributed by atoms with Crippen molar-refractivity contribution in [1.82, 2.24) is 0 Å². The number of aromatic carboxylic acids is 1. The van der Waals surface area contributed by atoms with Crippen molar-refractivity contribution in [3.63, 3.8) is 0 Å². The van der Waals surface area contributed by atoms with Crippen LogP contribution in [0.4, 0.5) is 0 Å². The Morgan fingerprint density at radius 3 is 2.46 bits per heavy atom. The quantitative estimate of drug-likeness (QED) is 0.724. The number of hydrogen-bond donors (Lipinski definition) is 1. The largest absolute Gasteiger partial charge is 0.475 e. The molecule has 0 fully saturated rings. The van der Waals surface area contributed by atoms with E-state index < -0.39 is 5.97 Å². The molecule has 1 aromatic heterocycles. The summed E-state index contributed by atoms with van der Waals surface area (Å²) in [5.74, 6) is -1.64. The van der Waals surface area contributed by atoms with Crippen molar-refractivity contribution in [3.05, 3.63) is 23.7 Å². The Balaban J connectivity index is 2.92. The number of carbonyl (C=O) groups is 2. The Bertz CT molecular complexity index is 335. The van der Waals surface area contributed by atoms with Crippen molar-refractivity contribution in [3.8, 4) is 0 Å². The highest BCUT2D eigenvalue weighted by atomic mass is 16.4. The normalized spacial score (nSPS) is 10.4. The van der Waals surface area contributed by atoms with Gasteiger partial charge in [0.1, 0.15) is 6.26 Å². The number of ketones is 1. The predicted molar refractivity (Wildman–Crippen MR) is 44.8 cm³/mol. The first kappa shape index (κ1) is 9.51. The highest BCUT2D eigenvalue weighted by Gasteiger charge is 2.16. The molecule has 70 valence electrons. The fourth-order valence-corrected chi connectivity index (χ4v) is 0.911. The van der Waals surface area contributed by atoms with Crippen molar-refractivity contribution >= 4 is 11.8 Å². The number of Topliss-reactive ketones (excluding diaryl/α,β-unsaturated/α-hetero) is 1. The second-order valence-corrected chi connectivity index (χ2v) is 3.02. The molecule has 0 bridgehead atoms. The van der Waals surface area contributed by atoms with Crippen molar-refractivity contribution in [2.75, 3.05) is 0 Å². The van der Waals surface area contributed by atoms with Crippen LogP contribution in [0.5, 0.6) is 0 Å². The van der Waals surface area contributed by atoms with Crippen LogP contribution in [0.2, 0.25) is 0 Å². The standard InChI is InChI=1S/C9H10O4/c1-5(2)8(10)6-3-7(9(11)12)13-4-6/h3-5H,1-2H3,(H,11,12). The third-order valence-electron chi connectivity index (χ3n) is 1.62. The van der Waals surface area contributed by atoms with Gasteiger partial charge >= 0.3 is 5.97 Å². The second kappa shape index (κ2) is 3.43. The molecule has 13 heavy (non-hydrogen) atoms. The highest BCUT2D eigenvalue weighted by molar-refractivity contribution is 5.99. The van der Waals surface area contributed by atoms with Gasteiger partial charge in [-0.25, -0.2) is 4.79 Å². The summed E-state index contributed by atoms with van der Waals surface area (Å²) in [6.07, 6.45) is 1.17. The smallest absolute Gasteiger partial charge is 0.371 e. The molecular weight excluding hydrogens is 172 g/mol. The number of carboxylic acid groups (broad SMARTS) is 1. The maximum atomic E-state index is 11.3. The maximum absolute atomic E-state index is 11.3. The van der Waals surface area contributed by atoms with Gasteiger partial charge in [0.15, 0.2) is 5.78 Å². The Labute approximate surface area is 75.2 Å². The van der Waals surface area contributed by atoms with Gasteiger partial charge in [0, 0.05) is 12.0 Å². The van der Waals surface area contributed by atoms with Gasteiger partial charge in [-0.1, -0.05) is 13.8 Å². The van der Waals surface area contributed by atoms with E-state index in [4.69, 9.17) is 5.11 Å².